The van der Waals surface area contributed by atoms with E-state index in [1.165, 1.54) is 6.07 Å². The van der Waals surface area contributed by atoms with Gasteiger partial charge in [0.25, 0.3) is 0 Å². The molecule has 0 saturated carbocycles. The fourth-order valence-corrected chi connectivity index (χ4v) is 3.69. The van der Waals surface area contributed by atoms with E-state index < -0.39 is 0 Å². The first-order valence-electron chi connectivity index (χ1n) is 9.26. The molecule has 142 valence electrons. The fourth-order valence-electron chi connectivity index (χ4n) is 3.69. The molecule has 2 heterocycles. The van der Waals surface area contributed by atoms with Crippen LogP contribution in [0.15, 0.2) is 57.7 Å². The van der Waals surface area contributed by atoms with Crippen molar-refractivity contribution in [1.82, 2.24) is 4.57 Å². The van der Waals surface area contributed by atoms with Crippen molar-refractivity contribution in [2.45, 2.75) is 20.3 Å². The van der Waals surface area contributed by atoms with E-state index in [0.717, 1.165) is 34.0 Å². The monoisotopic (exact) mass is 375 g/mol. The second-order valence-electron chi connectivity index (χ2n) is 6.85. The number of benzene rings is 2. The summed E-state index contributed by atoms with van der Waals surface area (Å²) in [5.74, 6) is 0.410. The molecule has 0 N–H and O–H groups in total. The van der Waals surface area contributed by atoms with E-state index in [1.54, 1.807) is 12.1 Å². The zero-order chi connectivity index (χ0) is 19.8. The Labute approximate surface area is 162 Å². The normalized spacial score (nSPS) is 11.2. The molecule has 4 rings (SSSR count). The number of aromatic nitrogens is 1. The summed E-state index contributed by atoms with van der Waals surface area (Å²) < 4.78 is 13.0. The zero-order valence-electron chi connectivity index (χ0n) is 16.1. The van der Waals surface area contributed by atoms with Crippen molar-refractivity contribution in [1.29, 1.82) is 0 Å². The topological polar surface area (TPSA) is 61.4 Å². The molecule has 0 fully saturated rings. The van der Waals surface area contributed by atoms with Gasteiger partial charge in [0.05, 0.1) is 0 Å². The number of carbonyl (C=O) groups is 1. The standard InChI is InChI=1S/C23H21NO4/c1-4-15-11-22(26)28-21-12-16(9-10-17(15)21)27-13-20(25)23-14(2)24(3)19-8-6-5-7-18(19)23/h5-12H,4,13H2,1-3H3. The van der Waals surface area contributed by atoms with Crippen LogP contribution in [0.25, 0.3) is 21.9 Å². The molecule has 0 aliphatic heterocycles. The molecule has 2 aromatic carbocycles. The molecular formula is C23H21NO4. The molecule has 0 aliphatic carbocycles. The van der Waals surface area contributed by atoms with Gasteiger partial charge >= 0.3 is 5.63 Å². The van der Waals surface area contributed by atoms with Crippen LogP contribution in [0.5, 0.6) is 5.75 Å². The summed E-state index contributed by atoms with van der Waals surface area (Å²) in [7, 11) is 1.95. The van der Waals surface area contributed by atoms with Gasteiger partial charge in [-0.25, -0.2) is 4.79 Å². The largest absolute Gasteiger partial charge is 0.485 e. The summed E-state index contributed by atoms with van der Waals surface area (Å²) in [6.07, 6.45) is 0.737. The Hall–Kier alpha value is -3.34. The Morgan fingerprint density at radius 3 is 2.68 bits per heavy atom. The first-order valence-corrected chi connectivity index (χ1v) is 9.26. The van der Waals surface area contributed by atoms with E-state index in [1.807, 2.05) is 55.8 Å². The van der Waals surface area contributed by atoms with Crippen LogP contribution in [0.3, 0.4) is 0 Å². The van der Waals surface area contributed by atoms with Crippen LogP contribution >= 0.6 is 0 Å². The fraction of sp³-hybridized carbons (Fsp3) is 0.217. The number of rotatable bonds is 5. The van der Waals surface area contributed by atoms with Crippen molar-refractivity contribution in [2.75, 3.05) is 6.61 Å². The minimum Gasteiger partial charge on any atom is -0.485 e. The quantitative estimate of drug-likeness (QED) is 0.383. The van der Waals surface area contributed by atoms with Crippen molar-refractivity contribution in [3.05, 3.63) is 75.8 Å². The lowest BCUT2D eigenvalue weighted by Crippen LogP contribution is -2.13. The number of nitrogens with zero attached hydrogens (tertiary/aromatic N) is 1. The molecule has 28 heavy (non-hydrogen) atoms. The number of hydrogen-bond acceptors (Lipinski definition) is 4. The predicted octanol–water partition coefficient (Wildman–Crippen LogP) is 4.42. The van der Waals surface area contributed by atoms with Crippen molar-refractivity contribution in [2.24, 2.45) is 7.05 Å². The minimum absolute atomic E-state index is 0.0850. The Bertz CT molecular complexity index is 1260. The summed E-state index contributed by atoms with van der Waals surface area (Å²) in [6.45, 7) is 3.84. The van der Waals surface area contributed by atoms with Gasteiger partial charge in [0, 0.05) is 46.7 Å². The van der Waals surface area contributed by atoms with Gasteiger partial charge in [-0.05, 0) is 37.1 Å². The zero-order valence-corrected chi connectivity index (χ0v) is 16.1. The molecule has 0 spiro atoms. The molecule has 5 heteroatoms. The number of Topliss-reactive ketones (excluding diaryl/α,β-unsaturated/α-hetero) is 1. The molecule has 5 nitrogen and oxygen atoms in total. The summed E-state index contributed by atoms with van der Waals surface area (Å²) in [5, 5.41) is 1.80. The van der Waals surface area contributed by atoms with Crippen LogP contribution in [0.2, 0.25) is 0 Å². The molecule has 4 aromatic rings. The van der Waals surface area contributed by atoms with Crippen molar-refractivity contribution in [3.8, 4) is 5.75 Å². The molecular weight excluding hydrogens is 354 g/mol. The lowest BCUT2D eigenvalue weighted by molar-refractivity contribution is 0.0922. The van der Waals surface area contributed by atoms with Gasteiger partial charge in [-0.15, -0.1) is 0 Å². The SMILES string of the molecule is CCc1cc(=O)oc2cc(OCC(=O)c3c(C)n(C)c4ccccc34)ccc12. The van der Waals surface area contributed by atoms with Gasteiger partial charge in [0.1, 0.15) is 11.3 Å². The Morgan fingerprint density at radius 1 is 1.11 bits per heavy atom. The summed E-state index contributed by atoms with van der Waals surface area (Å²) in [5.41, 5.74) is 3.62. The van der Waals surface area contributed by atoms with E-state index in [4.69, 9.17) is 9.15 Å². The third-order valence-electron chi connectivity index (χ3n) is 5.23. The van der Waals surface area contributed by atoms with Crippen LogP contribution in [0, 0.1) is 6.92 Å². The van der Waals surface area contributed by atoms with Crippen molar-refractivity contribution >= 4 is 27.7 Å². The lowest BCUT2D eigenvalue weighted by atomic mass is 10.1. The highest BCUT2D eigenvalue weighted by molar-refractivity contribution is 6.10. The Balaban J connectivity index is 1.62. The maximum absolute atomic E-state index is 12.9. The Kier molecular flexibility index (Phi) is 4.51. The van der Waals surface area contributed by atoms with E-state index in [-0.39, 0.29) is 18.0 Å². The Morgan fingerprint density at radius 2 is 1.89 bits per heavy atom. The highest BCUT2D eigenvalue weighted by Gasteiger charge is 2.18. The van der Waals surface area contributed by atoms with Crippen LogP contribution in [-0.2, 0) is 13.5 Å². The van der Waals surface area contributed by atoms with Gasteiger partial charge < -0.3 is 13.7 Å². The second-order valence-corrected chi connectivity index (χ2v) is 6.85. The number of hydrogen-bond donors (Lipinski definition) is 0. The van der Waals surface area contributed by atoms with Gasteiger partial charge in [0.15, 0.2) is 6.61 Å². The highest BCUT2D eigenvalue weighted by Crippen LogP contribution is 2.26. The van der Waals surface area contributed by atoms with Crippen LogP contribution in [-0.4, -0.2) is 17.0 Å². The van der Waals surface area contributed by atoms with Crippen LogP contribution < -0.4 is 10.4 Å². The molecule has 0 aliphatic rings. The van der Waals surface area contributed by atoms with Gasteiger partial charge in [0.2, 0.25) is 5.78 Å². The number of carbonyl (C=O) groups excluding carboxylic acids is 1. The number of fused-ring (bicyclic) bond motifs is 2. The van der Waals surface area contributed by atoms with E-state index in [9.17, 15) is 9.59 Å². The smallest absolute Gasteiger partial charge is 0.336 e. The van der Waals surface area contributed by atoms with Crippen LogP contribution in [0.1, 0.15) is 28.5 Å². The van der Waals surface area contributed by atoms with Crippen LogP contribution in [0.4, 0.5) is 0 Å². The third kappa shape index (κ3) is 2.99. The van der Waals surface area contributed by atoms with E-state index in [0.29, 0.717) is 16.9 Å². The molecule has 0 radical (unpaired) electrons. The van der Waals surface area contributed by atoms with Gasteiger partial charge in [-0.3, -0.25) is 4.79 Å². The van der Waals surface area contributed by atoms with Gasteiger partial charge in [-0.1, -0.05) is 25.1 Å². The summed E-state index contributed by atoms with van der Waals surface area (Å²) >= 11 is 0. The number of para-hydroxylation sites is 1. The molecule has 0 atom stereocenters. The summed E-state index contributed by atoms with van der Waals surface area (Å²) in [6, 6.07) is 14.7. The molecule has 0 unspecified atom stereocenters. The molecule has 2 aromatic heterocycles. The average Bonchev–Trinajstić information content (AvgIpc) is 2.96. The number of aryl methyl sites for hydroxylation is 2. The van der Waals surface area contributed by atoms with E-state index in [2.05, 4.69) is 0 Å². The number of ether oxygens (including phenoxy) is 1. The lowest BCUT2D eigenvalue weighted by Gasteiger charge is -2.08. The third-order valence-corrected chi connectivity index (χ3v) is 5.23. The summed E-state index contributed by atoms with van der Waals surface area (Å²) in [4.78, 5) is 24.6. The average molecular weight is 375 g/mol. The highest BCUT2D eigenvalue weighted by atomic mass is 16.5. The molecule has 0 saturated heterocycles. The first-order chi connectivity index (χ1) is 13.5. The maximum atomic E-state index is 12.9. The number of ketones is 1. The van der Waals surface area contributed by atoms with Crippen molar-refractivity contribution < 1.29 is 13.9 Å². The predicted molar refractivity (Wildman–Crippen MR) is 109 cm³/mol. The van der Waals surface area contributed by atoms with Crippen molar-refractivity contribution in [3.63, 3.8) is 0 Å². The molecule has 0 bridgehead atoms. The van der Waals surface area contributed by atoms with Gasteiger partial charge in [-0.2, -0.15) is 0 Å². The minimum atomic E-state index is -0.385. The molecule has 0 amide bonds. The van der Waals surface area contributed by atoms with E-state index >= 15 is 0 Å². The second kappa shape index (κ2) is 7.00. The first kappa shape index (κ1) is 18.0. The maximum Gasteiger partial charge on any atom is 0.336 e.